The average Bonchev–Trinajstić information content (AvgIpc) is 3.00. The molecular weight excluding hydrogens is 250 g/mol. The van der Waals surface area contributed by atoms with Gasteiger partial charge in [0.05, 0.1) is 13.4 Å². The number of benzene rings is 1. The third kappa shape index (κ3) is 2.85. The van der Waals surface area contributed by atoms with E-state index in [-0.39, 0.29) is 0 Å². The van der Waals surface area contributed by atoms with E-state index in [1.807, 2.05) is 6.20 Å². The molecule has 20 heavy (non-hydrogen) atoms. The zero-order valence-corrected chi connectivity index (χ0v) is 11.9. The lowest BCUT2D eigenvalue weighted by Gasteiger charge is -2.27. The molecule has 1 aliphatic carbocycles. The first-order chi connectivity index (χ1) is 9.86. The Kier molecular flexibility index (Phi) is 4.02. The van der Waals surface area contributed by atoms with Crippen molar-refractivity contribution in [1.29, 1.82) is 0 Å². The third-order valence-electron chi connectivity index (χ3n) is 4.01. The van der Waals surface area contributed by atoms with Crippen molar-refractivity contribution in [1.82, 2.24) is 15.3 Å². The monoisotopic (exact) mass is 271 g/mol. The average molecular weight is 271 g/mol. The first kappa shape index (κ1) is 13.2. The van der Waals surface area contributed by atoms with Crippen LogP contribution in [0, 0.1) is 0 Å². The summed E-state index contributed by atoms with van der Waals surface area (Å²) in [4.78, 5) is 7.19. The quantitative estimate of drug-likeness (QED) is 0.879. The van der Waals surface area contributed by atoms with Crippen LogP contribution in [-0.2, 0) is 12.8 Å². The van der Waals surface area contributed by atoms with E-state index in [0.29, 0.717) is 6.04 Å². The Balaban J connectivity index is 1.66. The molecule has 1 heterocycles. The maximum Gasteiger partial charge on any atom is 0.119 e. The van der Waals surface area contributed by atoms with Crippen LogP contribution in [0.4, 0.5) is 0 Å². The van der Waals surface area contributed by atoms with Crippen LogP contribution in [0.2, 0.25) is 0 Å². The van der Waals surface area contributed by atoms with Crippen molar-refractivity contribution in [3.63, 3.8) is 0 Å². The van der Waals surface area contributed by atoms with Crippen molar-refractivity contribution in [3.8, 4) is 5.75 Å². The molecule has 2 aromatic rings. The first-order valence-electron chi connectivity index (χ1n) is 7.24. The largest absolute Gasteiger partial charge is 0.497 e. The summed E-state index contributed by atoms with van der Waals surface area (Å²) in [5.74, 6) is 0.950. The summed E-state index contributed by atoms with van der Waals surface area (Å²) in [6.45, 7) is 0.962. The van der Waals surface area contributed by atoms with Gasteiger partial charge in [0.1, 0.15) is 5.75 Å². The number of imidazole rings is 1. The number of aromatic nitrogens is 2. The first-order valence-corrected chi connectivity index (χ1v) is 7.24. The Bertz CT molecular complexity index is 551. The van der Waals surface area contributed by atoms with Crippen molar-refractivity contribution >= 4 is 0 Å². The standard InChI is InChI=1S/C16H21N3O/c1-20-14-6-5-12-3-2-4-16(15(12)9-14)18-8-7-13-10-17-11-19-13/h5-6,9-11,16,18H,2-4,7-8H2,1H3,(H,17,19). The fraction of sp³-hybridized carbons (Fsp3) is 0.438. The number of methoxy groups -OCH3 is 1. The van der Waals surface area contributed by atoms with Gasteiger partial charge in [-0.15, -0.1) is 0 Å². The van der Waals surface area contributed by atoms with E-state index in [1.54, 1.807) is 13.4 Å². The zero-order valence-electron chi connectivity index (χ0n) is 11.9. The van der Waals surface area contributed by atoms with E-state index in [4.69, 9.17) is 4.74 Å². The van der Waals surface area contributed by atoms with E-state index in [1.165, 1.54) is 36.1 Å². The molecule has 0 radical (unpaired) electrons. The van der Waals surface area contributed by atoms with E-state index in [2.05, 4.69) is 33.5 Å². The minimum absolute atomic E-state index is 0.441. The maximum absolute atomic E-state index is 5.35. The molecule has 0 bridgehead atoms. The second-order valence-electron chi connectivity index (χ2n) is 5.29. The summed E-state index contributed by atoms with van der Waals surface area (Å²) in [7, 11) is 1.73. The molecular formula is C16H21N3O. The minimum Gasteiger partial charge on any atom is -0.497 e. The molecule has 1 unspecified atom stereocenters. The Labute approximate surface area is 119 Å². The Morgan fingerprint density at radius 2 is 2.40 bits per heavy atom. The highest BCUT2D eigenvalue weighted by Gasteiger charge is 2.20. The van der Waals surface area contributed by atoms with Crippen LogP contribution in [0.3, 0.4) is 0 Å². The topological polar surface area (TPSA) is 49.9 Å². The second-order valence-corrected chi connectivity index (χ2v) is 5.29. The van der Waals surface area contributed by atoms with Gasteiger partial charge in [0.15, 0.2) is 0 Å². The van der Waals surface area contributed by atoms with Gasteiger partial charge < -0.3 is 15.0 Å². The van der Waals surface area contributed by atoms with E-state index < -0.39 is 0 Å². The SMILES string of the molecule is COc1ccc2c(c1)C(NCCc1cnc[nH]1)CCC2. The Morgan fingerprint density at radius 3 is 3.20 bits per heavy atom. The summed E-state index contributed by atoms with van der Waals surface area (Å²) in [5, 5.41) is 3.66. The van der Waals surface area contributed by atoms with Crippen LogP contribution in [0.15, 0.2) is 30.7 Å². The summed E-state index contributed by atoms with van der Waals surface area (Å²) >= 11 is 0. The number of hydrogen-bond donors (Lipinski definition) is 2. The normalized spacial score (nSPS) is 17.8. The van der Waals surface area contributed by atoms with Gasteiger partial charge in [-0.3, -0.25) is 0 Å². The third-order valence-corrected chi connectivity index (χ3v) is 4.01. The lowest BCUT2D eigenvalue weighted by Crippen LogP contribution is -2.27. The lowest BCUT2D eigenvalue weighted by molar-refractivity contribution is 0.409. The minimum atomic E-state index is 0.441. The molecule has 2 N–H and O–H groups in total. The van der Waals surface area contributed by atoms with Crippen molar-refractivity contribution in [3.05, 3.63) is 47.5 Å². The number of aryl methyl sites for hydroxylation is 1. The van der Waals surface area contributed by atoms with Crippen molar-refractivity contribution in [2.45, 2.75) is 31.7 Å². The van der Waals surface area contributed by atoms with Crippen LogP contribution < -0.4 is 10.1 Å². The molecule has 106 valence electrons. The molecule has 0 saturated carbocycles. The van der Waals surface area contributed by atoms with Crippen LogP contribution in [0.5, 0.6) is 5.75 Å². The summed E-state index contributed by atoms with van der Waals surface area (Å²) in [5.41, 5.74) is 4.04. The van der Waals surface area contributed by atoms with Crippen LogP contribution in [0.25, 0.3) is 0 Å². The molecule has 1 aromatic carbocycles. The Morgan fingerprint density at radius 1 is 1.45 bits per heavy atom. The molecule has 0 fully saturated rings. The van der Waals surface area contributed by atoms with Crippen LogP contribution >= 0.6 is 0 Å². The number of aromatic amines is 1. The molecule has 4 heteroatoms. The molecule has 1 atom stereocenters. The van der Waals surface area contributed by atoms with Crippen molar-refractivity contribution in [2.75, 3.05) is 13.7 Å². The van der Waals surface area contributed by atoms with Crippen molar-refractivity contribution in [2.24, 2.45) is 0 Å². The molecule has 4 nitrogen and oxygen atoms in total. The number of ether oxygens (including phenoxy) is 1. The van der Waals surface area contributed by atoms with Crippen LogP contribution in [-0.4, -0.2) is 23.6 Å². The van der Waals surface area contributed by atoms with E-state index in [0.717, 1.165) is 18.7 Å². The predicted octanol–water partition coefficient (Wildman–Crippen LogP) is 2.63. The van der Waals surface area contributed by atoms with Gasteiger partial charge in [-0.05, 0) is 42.5 Å². The highest BCUT2D eigenvalue weighted by atomic mass is 16.5. The number of hydrogen-bond acceptors (Lipinski definition) is 3. The van der Waals surface area contributed by atoms with Crippen molar-refractivity contribution < 1.29 is 4.74 Å². The highest BCUT2D eigenvalue weighted by Crippen LogP contribution is 2.32. The highest BCUT2D eigenvalue weighted by molar-refractivity contribution is 5.39. The zero-order chi connectivity index (χ0) is 13.8. The number of rotatable bonds is 5. The number of fused-ring (bicyclic) bond motifs is 1. The van der Waals surface area contributed by atoms with Gasteiger partial charge >= 0.3 is 0 Å². The number of H-pyrrole nitrogens is 1. The van der Waals surface area contributed by atoms with E-state index >= 15 is 0 Å². The number of nitrogens with one attached hydrogen (secondary N) is 2. The predicted molar refractivity (Wildman–Crippen MR) is 79.0 cm³/mol. The smallest absolute Gasteiger partial charge is 0.119 e. The van der Waals surface area contributed by atoms with Gasteiger partial charge in [0, 0.05) is 30.9 Å². The summed E-state index contributed by atoms with van der Waals surface area (Å²) in [6, 6.07) is 6.89. The molecule has 0 saturated heterocycles. The molecule has 0 aliphatic heterocycles. The second kappa shape index (κ2) is 6.09. The lowest BCUT2D eigenvalue weighted by atomic mass is 9.87. The van der Waals surface area contributed by atoms with Gasteiger partial charge in [-0.1, -0.05) is 6.07 Å². The Hall–Kier alpha value is -1.81. The molecule has 1 aromatic heterocycles. The van der Waals surface area contributed by atoms with E-state index in [9.17, 15) is 0 Å². The fourth-order valence-corrected chi connectivity index (χ4v) is 2.92. The van der Waals surface area contributed by atoms with Gasteiger partial charge in [0.25, 0.3) is 0 Å². The number of nitrogens with zero attached hydrogens (tertiary/aromatic N) is 1. The molecule has 1 aliphatic rings. The van der Waals surface area contributed by atoms with Gasteiger partial charge in [-0.25, -0.2) is 4.98 Å². The summed E-state index contributed by atoms with van der Waals surface area (Å²) < 4.78 is 5.35. The van der Waals surface area contributed by atoms with Crippen LogP contribution in [0.1, 0.15) is 35.7 Å². The molecule has 3 rings (SSSR count). The summed E-state index contributed by atoms with van der Waals surface area (Å²) in [6.07, 6.45) is 8.23. The molecule has 0 spiro atoms. The fourth-order valence-electron chi connectivity index (χ4n) is 2.92. The maximum atomic E-state index is 5.35. The molecule has 0 amide bonds. The van der Waals surface area contributed by atoms with Gasteiger partial charge in [-0.2, -0.15) is 0 Å². The van der Waals surface area contributed by atoms with Gasteiger partial charge in [0.2, 0.25) is 0 Å².